The first-order chi connectivity index (χ1) is 11.9. The van der Waals surface area contributed by atoms with Gasteiger partial charge < -0.3 is 9.45 Å². The van der Waals surface area contributed by atoms with Gasteiger partial charge in [0.1, 0.15) is 0 Å². The van der Waals surface area contributed by atoms with Gasteiger partial charge in [-0.05, 0) is 31.8 Å². The van der Waals surface area contributed by atoms with Crippen molar-refractivity contribution < 1.29 is 69.1 Å². The molecule has 0 bridgehead atoms. The van der Waals surface area contributed by atoms with E-state index in [0.717, 1.165) is 12.8 Å². The van der Waals surface area contributed by atoms with E-state index >= 15 is 0 Å². The normalized spacial score (nSPS) is 11.5. The third-order valence-corrected chi connectivity index (χ3v) is 5.04. The number of unbranched alkanes of at least 4 members (excludes halogenated alkanes) is 10. The minimum atomic E-state index is -4.14. The molecule has 0 aromatic rings. The molecule has 0 N–H and O–H groups in total. The van der Waals surface area contributed by atoms with E-state index in [2.05, 4.69) is 6.92 Å². The number of carbonyl (C=O) groups is 1. The first-order valence-electron chi connectivity index (χ1n) is 9.72. The maximum atomic E-state index is 11.9. The Morgan fingerprint density at radius 3 is 2.00 bits per heavy atom. The molecule has 0 aromatic heterocycles. The first kappa shape index (κ1) is 29.0. The van der Waals surface area contributed by atoms with Crippen LogP contribution in [0.3, 0.4) is 0 Å². The number of likely N-dealkylation sites (N-methyl/N-ethyl adjacent to an activating group) is 1. The molecule has 0 radical (unpaired) electrons. The molecule has 148 valence electrons. The monoisotopic (exact) mass is 413 g/mol. The smallest absolute Gasteiger partial charge is 0.748 e. The number of hydrogen-bond donors (Lipinski definition) is 0. The fourth-order valence-electron chi connectivity index (χ4n) is 2.62. The molecule has 0 saturated heterocycles. The van der Waals surface area contributed by atoms with Crippen molar-refractivity contribution in [2.45, 2.75) is 84.0 Å². The Labute approximate surface area is 203 Å². The predicted molar refractivity (Wildman–Crippen MR) is 102 cm³/mol. The summed E-state index contributed by atoms with van der Waals surface area (Å²) in [4.78, 5) is 13.4. The molecule has 1 amide bonds. The summed E-state index contributed by atoms with van der Waals surface area (Å²) in [7, 11) is -2.45. The molecule has 0 atom stereocenters. The quantitative estimate of drug-likeness (QED) is 0.165. The Morgan fingerprint density at radius 1 is 0.923 bits per heavy atom. The van der Waals surface area contributed by atoms with Crippen LogP contribution in [0.5, 0.6) is 0 Å². The second kappa shape index (κ2) is 19.1. The van der Waals surface area contributed by atoms with Crippen molar-refractivity contribution in [3.05, 3.63) is 12.2 Å². The summed E-state index contributed by atoms with van der Waals surface area (Å²) in [5.74, 6) is -0.426. The van der Waals surface area contributed by atoms with Crippen LogP contribution in [-0.4, -0.2) is 43.1 Å². The van der Waals surface area contributed by atoms with E-state index in [-0.39, 0.29) is 63.0 Å². The molecule has 0 aliphatic carbocycles. The zero-order valence-electron chi connectivity index (χ0n) is 17.0. The largest absolute Gasteiger partial charge is 1.00 e. The van der Waals surface area contributed by atoms with Crippen LogP contribution in [0.1, 0.15) is 84.0 Å². The summed E-state index contributed by atoms with van der Waals surface area (Å²) in [6.45, 7) is 2.70. The summed E-state index contributed by atoms with van der Waals surface area (Å²) >= 11 is 0. The molecule has 0 spiro atoms. The Balaban J connectivity index is 0. The van der Waals surface area contributed by atoms with E-state index < -0.39 is 10.1 Å². The molecular weight excluding hydrogens is 377 g/mol. The van der Waals surface area contributed by atoms with Gasteiger partial charge in [-0.2, -0.15) is 0 Å². The molecule has 0 rings (SSSR count). The average Bonchev–Trinajstić information content (AvgIpc) is 2.55. The number of hydrogen-bond acceptors (Lipinski definition) is 4. The second-order valence-electron chi connectivity index (χ2n) is 6.75. The molecule has 0 fully saturated rings. The van der Waals surface area contributed by atoms with Gasteiger partial charge in [0, 0.05) is 19.3 Å². The van der Waals surface area contributed by atoms with Gasteiger partial charge in [0.05, 0.1) is 10.1 Å². The molecule has 0 saturated carbocycles. The number of allylic oxidation sites excluding steroid dienone is 1. The van der Waals surface area contributed by atoms with Crippen LogP contribution in [0.25, 0.3) is 0 Å². The predicted octanol–water partition coefficient (Wildman–Crippen LogP) is 1.25. The summed E-state index contributed by atoms with van der Waals surface area (Å²) in [5, 5.41) is 0. The van der Waals surface area contributed by atoms with Gasteiger partial charge in [-0.15, -0.1) is 0 Å². The van der Waals surface area contributed by atoms with Crippen molar-refractivity contribution in [2.24, 2.45) is 0 Å². The van der Waals surface area contributed by atoms with Crippen LogP contribution in [0.4, 0.5) is 0 Å². The number of nitrogens with zero attached hydrogens (tertiary/aromatic N) is 1. The number of amides is 1. The fourth-order valence-corrected chi connectivity index (χ4v) is 3.18. The van der Waals surface area contributed by atoms with Crippen LogP contribution in [-0.2, 0) is 14.9 Å². The van der Waals surface area contributed by atoms with E-state index in [9.17, 15) is 17.8 Å². The van der Waals surface area contributed by atoms with E-state index in [0.29, 0.717) is 19.4 Å². The van der Waals surface area contributed by atoms with E-state index in [4.69, 9.17) is 0 Å². The van der Waals surface area contributed by atoms with Crippen LogP contribution < -0.4 is 51.4 Å². The van der Waals surface area contributed by atoms with Crippen molar-refractivity contribution in [3.63, 3.8) is 0 Å². The van der Waals surface area contributed by atoms with Gasteiger partial charge in [0.25, 0.3) is 0 Å². The molecule has 0 heterocycles. The summed E-state index contributed by atoms with van der Waals surface area (Å²) in [5.41, 5.74) is 0. The Hall–Kier alpha value is 0.756. The van der Waals surface area contributed by atoms with Gasteiger partial charge >= 0.3 is 51.4 Å². The molecular formula is C19H36KNO4S. The Kier molecular flexibility index (Phi) is 21.3. The zero-order valence-corrected chi connectivity index (χ0v) is 21.0. The fraction of sp³-hybridized carbons (Fsp3) is 0.842. The van der Waals surface area contributed by atoms with Gasteiger partial charge in [-0.1, -0.05) is 64.4 Å². The van der Waals surface area contributed by atoms with Crippen molar-refractivity contribution in [2.75, 3.05) is 19.3 Å². The Morgan fingerprint density at radius 2 is 1.46 bits per heavy atom. The minimum absolute atomic E-state index is 0. The number of rotatable bonds is 16. The van der Waals surface area contributed by atoms with E-state index in [1.807, 2.05) is 6.08 Å². The molecule has 7 heteroatoms. The third kappa shape index (κ3) is 21.1. The SMILES string of the molecule is CCCCCCCCCCC/C=C/C(=O)N(C)CCCCS(=O)(=O)[O-].[K+]. The van der Waals surface area contributed by atoms with Crippen molar-refractivity contribution >= 4 is 16.0 Å². The first-order valence-corrected chi connectivity index (χ1v) is 11.3. The van der Waals surface area contributed by atoms with Crippen LogP contribution in [0, 0.1) is 0 Å². The molecule has 5 nitrogen and oxygen atoms in total. The molecule has 0 aliphatic heterocycles. The summed E-state index contributed by atoms with van der Waals surface area (Å²) in [6, 6.07) is 0. The van der Waals surface area contributed by atoms with Gasteiger partial charge in [-0.25, -0.2) is 8.42 Å². The van der Waals surface area contributed by atoms with Gasteiger partial charge in [-0.3, -0.25) is 4.79 Å². The maximum Gasteiger partial charge on any atom is 1.00 e. The molecule has 0 aromatic carbocycles. The van der Waals surface area contributed by atoms with Crippen molar-refractivity contribution in [1.82, 2.24) is 4.90 Å². The molecule has 0 aliphatic rings. The second-order valence-corrected chi connectivity index (χ2v) is 8.27. The van der Waals surface area contributed by atoms with Gasteiger partial charge in [0.2, 0.25) is 5.91 Å². The standard InChI is InChI=1S/C19H37NO4S.K/c1-3-4-5-6-7-8-9-10-11-12-13-16-19(21)20(2)17-14-15-18-25(22,23)24;/h13,16H,3-12,14-15,17-18H2,1-2H3,(H,22,23,24);/q;+1/p-1/b16-13+;. The van der Waals surface area contributed by atoms with Crippen LogP contribution in [0.15, 0.2) is 12.2 Å². The molecule has 0 unspecified atom stereocenters. The number of carbonyl (C=O) groups excluding carboxylic acids is 1. The van der Waals surface area contributed by atoms with E-state index in [1.54, 1.807) is 18.0 Å². The minimum Gasteiger partial charge on any atom is -0.748 e. The Bertz CT molecular complexity index is 466. The summed E-state index contributed by atoms with van der Waals surface area (Å²) < 4.78 is 31.5. The average molecular weight is 414 g/mol. The zero-order chi connectivity index (χ0) is 19.0. The molecule has 26 heavy (non-hydrogen) atoms. The van der Waals surface area contributed by atoms with Crippen molar-refractivity contribution in [3.8, 4) is 0 Å². The van der Waals surface area contributed by atoms with Crippen LogP contribution in [0.2, 0.25) is 0 Å². The van der Waals surface area contributed by atoms with E-state index in [1.165, 1.54) is 51.4 Å². The van der Waals surface area contributed by atoms with Crippen molar-refractivity contribution in [1.29, 1.82) is 0 Å². The topological polar surface area (TPSA) is 77.5 Å². The maximum absolute atomic E-state index is 11.9. The van der Waals surface area contributed by atoms with Crippen LogP contribution >= 0.6 is 0 Å². The summed E-state index contributed by atoms with van der Waals surface area (Å²) in [6.07, 6.45) is 16.9. The van der Waals surface area contributed by atoms with Gasteiger partial charge in [0.15, 0.2) is 0 Å². The third-order valence-electron chi connectivity index (χ3n) is 4.25.